The molecule has 0 aliphatic heterocycles. The average Bonchev–Trinajstić information content (AvgIpc) is 2.47. The highest BCUT2D eigenvalue weighted by Gasteiger charge is 2.15. The summed E-state index contributed by atoms with van der Waals surface area (Å²) in [5, 5.41) is 3.34. The molecular formula is C15H26N2O2S2. The first-order chi connectivity index (χ1) is 10.0. The van der Waals surface area contributed by atoms with Crippen LogP contribution in [0.2, 0.25) is 0 Å². The van der Waals surface area contributed by atoms with Crippen molar-refractivity contribution in [2.45, 2.75) is 38.1 Å². The summed E-state index contributed by atoms with van der Waals surface area (Å²) < 4.78 is 27.1. The molecule has 0 saturated carbocycles. The fourth-order valence-electron chi connectivity index (χ4n) is 2.04. The van der Waals surface area contributed by atoms with Gasteiger partial charge >= 0.3 is 0 Å². The van der Waals surface area contributed by atoms with Crippen molar-refractivity contribution in [1.29, 1.82) is 0 Å². The summed E-state index contributed by atoms with van der Waals surface area (Å²) >= 11 is 1.62. The summed E-state index contributed by atoms with van der Waals surface area (Å²) in [5.74, 6) is 0.775. The Morgan fingerprint density at radius 1 is 1.14 bits per heavy atom. The molecule has 0 fully saturated rings. The van der Waals surface area contributed by atoms with E-state index < -0.39 is 10.0 Å². The van der Waals surface area contributed by atoms with Gasteiger partial charge in [0.05, 0.1) is 4.90 Å². The van der Waals surface area contributed by atoms with Gasteiger partial charge in [-0.3, -0.25) is 0 Å². The van der Waals surface area contributed by atoms with E-state index in [0.29, 0.717) is 18.0 Å². The molecule has 0 spiro atoms. The topological polar surface area (TPSA) is 58.2 Å². The summed E-state index contributed by atoms with van der Waals surface area (Å²) in [5.41, 5.74) is 2.26. The molecule has 0 unspecified atom stereocenters. The lowest BCUT2D eigenvalue weighted by Crippen LogP contribution is -2.26. The summed E-state index contributed by atoms with van der Waals surface area (Å²) in [4.78, 5) is 0.356. The first-order valence-electron chi connectivity index (χ1n) is 7.36. The number of hydrogen-bond donors (Lipinski definition) is 2. The molecule has 0 amide bonds. The first-order valence-corrected chi connectivity index (χ1v) is 10.2. The molecule has 21 heavy (non-hydrogen) atoms. The Morgan fingerprint density at radius 3 is 2.52 bits per heavy atom. The third-order valence-corrected chi connectivity index (χ3v) is 5.28. The lowest BCUT2D eigenvalue weighted by molar-refractivity contribution is 0.583. The molecule has 1 aromatic carbocycles. The van der Waals surface area contributed by atoms with Crippen molar-refractivity contribution in [2.75, 3.05) is 25.1 Å². The van der Waals surface area contributed by atoms with E-state index in [2.05, 4.69) is 23.9 Å². The number of sulfonamides is 1. The summed E-state index contributed by atoms with van der Waals surface area (Å²) in [6, 6.07) is 5.42. The van der Waals surface area contributed by atoms with Gasteiger partial charge in [0.15, 0.2) is 0 Å². The Balaban J connectivity index is 2.90. The molecule has 0 heterocycles. The monoisotopic (exact) mass is 330 g/mol. The van der Waals surface area contributed by atoms with E-state index in [9.17, 15) is 8.42 Å². The van der Waals surface area contributed by atoms with Crippen LogP contribution in [0.15, 0.2) is 23.1 Å². The zero-order chi connectivity index (χ0) is 15.7. The third-order valence-electron chi connectivity index (χ3n) is 3.21. The van der Waals surface area contributed by atoms with E-state index in [0.717, 1.165) is 30.7 Å². The molecule has 1 rings (SSSR count). The fourth-order valence-corrected chi connectivity index (χ4v) is 3.56. The molecule has 2 N–H and O–H groups in total. The van der Waals surface area contributed by atoms with Crippen LogP contribution < -0.4 is 10.0 Å². The van der Waals surface area contributed by atoms with Gasteiger partial charge in [0.2, 0.25) is 10.0 Å². The van der Waals surface area contributed by atoms with Crippen molar-refractivity contribution >= 4 is 21.8 Å². The van der Waals surface area contributed by atoms with E-state index in [1.165, 1.54) is 5.56 Å². The van der Waals surface area contributed by atoms with Gasteiger partial charge in [-0.15, -0.1) is 0 Å². The molecule has 0 radical (unpaired) electrons. The molecule has 0 bridgehead atoms. The van der Waals surface area contributed by atoms with E-state index in [1.54, 1.807) is 23.9 Å². The van der Waals surface area contributed by atoms with Gasteiger partial charge in [0.25, 0.3) is 0 Å². The van der Waals surface area contributed by atoms with Crippen molar-refractivity contribution in [3.8, 4) is 0 Å². The van der Waals surface area contributed by atoms with Crippen LogP contribution in [0.25, 0.3) is 0 Å². The molecule has 0 atom stereocenters. The Hall–Kier alpha value is -0.560. The largest absolute Gasteiger partial charge is 0.313 e. The number of rotatable bonds is 10. The zero-order valence-corrected chi connectivity index (χ0v) is 14.7. The smallest absolute Gasteiger partial charge is 0.240 e. The highest BCUT2D eigenvalue weighted by atomic mass is 32.2. The normalized spacial score (nSPS) is 11.8. The Bertz CT molecular complexity index is 530. The maximum atomic E-state index is 12.2. The van der Waals surface area contributed by atoms with E-state index in [-0.39, 0.29) is 0 Å². The van der Waals surface area contributed by atoms with Gasteiger partial charge in [-0.1, -0.05) is 19.9 Å². The number of aryl methyl sites for hydroxylation is 1. The SMILES string of the molecule is CCCNCc1cc(S(=O)(=O)NCCSC)ccc1CC. The maximum absolute atomic E-state index is 12.2. The molecule has 4 nitrogen and oxygen atoms in total. The Kier molecular flexibility index (Phi) is 8.33. The second kappa shape index (κ2) is 9.46. The molecule has 0 aliphatic carbocycles. The lowest BCUT2D eigenvalue weighted by atomic mass is 10.1. The van der Waals surface area contributed by atoms with Gasteiger partial charge in [-0.2, -0.15) is 11.8 Å². The van der Waals surface area contributed by atoms with Crippen LogP contribution in [-0.4, -0.2) is 33.5 Å². The minimum Gasteiger partial charge on any atom is -0.313 e. The van der Waals surface area contributed by atoms with Crippen LogP contribution in [0.1, 0.15) is 31.4 Å². The second-order valence-corrected chi connectivity index (χ2v) is 7.60. The van der Waals surface area contributed by atoms with Crippen molar-refractivity contribution in [1.82, 2.24) is 10.0 Å². The predicted molar refractivity (Wildman–Crippen MR) is 91.4 cm³/mol. The number of hydrogen-bond acceptors (Lipinski definition) is 4. The first kappa shape index (κ1) is 18.5. The van der Waals surface area contributed by atoms with Crippen LogP contribution in [0, 0.1) is 0 Å². The predicted octanol–water partition coefficient (Wildman–Crippen LogP) is 2.39. The minimum atomic E-state index is -3.40. The summed E-state index contributed by atoms with van der Waals surface area (Å²) in [6.07, 6.45) is 3.93. The molecule has 6 heteroatoms. The summed E-state index contributed by atoms with van der Waals surface area (Å²) in [6.45, 7) is 6.31. The van der Waals surface area contributed by atoms with Gasteiger partial charge in [0.1, 0.15) is 0 Å². The van der Waals surface area contributed by atoms with Crippen LogP contribution >= 0.6 is 11.8 Å². The minimum absolute atomic E-state index is 0.356. The van der Waals surface area contributed by atoms with Crippen LogP contribution in [0.4, 0.5) is 0 Å². The van der Waals surface area contributed by atoms with Crippen LogP contribution in [-0.2, 0) is 23.0 Å². The average molecular weight is 331 g/mol. The quantitative estimate of drug-likeness (QED) is 0.647. The van der Waals surface area contributed by atoms with Crippen LogP contribution in [0.5, 0.6) is 0 Å². The van der Waals surface area contributed by atoms with Crippen molar-refractivity contribution < 1.29 is 8.42 Å². The Labute approximate surface area is 133 Å². The maximum Gasteiger partial charge on any atom is 0.240 e. The number of nitrogens with one attached hydrogen (secondary N) is 2. The lowest BCUT2D eigenvalue weighted by Gasteiger charge is -2.12. The van der Waals surface area contributed by atoms with Gasteiger partial charge < -0.3 is 5.32 Å². The van der Waals surface area contributed by atoms with Gasteiger partial charge in [0, 0.05) is 18.8 Å². The second-order valence-electron chi connectivity index (χ2n) is 4.85. The fraction of sp³-hybridized carbons (Fsp3) is 0.600. The molecule has 1 aromatic rings. The highest BCUT2D eigenvalue weighted by Crippen LogP contribution is 2.17. The molecule has 0 saturated heterocycles. The van der Waals surface area contributed by atoms with Gasteiger partial charge in [-0.05, 0) is 48.9 Å². The Morgan fingerprint density at radius 2 is 1.90 bits per heavy atom. The van der Waals surface area contributed by atoms with Crippen molar-refractivity contribution in [3.05, 3.63) is 29.3 Å². The summed E-state index contributed by atoms with van der Waals surface area (Å²) in [7, 11) is -3.40. The van der Waals surface area contributed by atoms with Crippen LogP contribution in [0.3, 0.4) is 0 Å². The number of benzene rings is 1. The van der Waals surface area contributed by atoms with E-state index >= 15 is 0 Å². The zero-order valence-electron chi connectivity index (χ0n) is 13.1. The highest BCUT2D eigenvalue weighted by molar-refractivity contribution is 7.98. The van der Waals surface area contributed by atoms with Gasteiger partial charge in [-0.25, -0.2) is 13.1 Å². The third kappa shape index (κ3) is 5.98. The van der Waals surface area contributed by atoms with Crippen molar-refractivity contribution in [2.24, 2.45) is 0 Å². The molecule has 0 aliphatic rings. The molecular weight excluding hydrogens is 304 g/mol. The van der Waals surface area contributed by atoms with Crippen molar-refractivity contribution in [3.63, 3.8) is 0 Å². The van der Waals surface area contributed by atoms with E-state index in [1.807, 2.05) is 12.3 Å². The standard InChI is InChI=1S/C15H26N2O2S2/c1-4-8-16-12-14-11-15(7-6-13(14)5-2)21(18,19)17-9-10-20-3/h6-7,11,16-17H,4-5,8-10,12H2,1-3H3. The molecule has 0 aromatic heterocycles. The molecule has 120 valence electrons. The number of thioether (sulfide) groups is 1. The van der Waals surface area contributed by atoms with E-state index in [4.69, 9.17) is 0 Å².